The van der Waals surface area contributed by atoms with Gasteiger partial charge in [0.2, 0.25) is 5.91 Å². The van der Waals surface area contributed by atoms with Crippen molar-refractivity contribution in [2.24, 2.45) is 0 Å². The van der Waals surface area contributed by atoms with Gasteiger partial charge >= 0.3 is 0 Å². The van der Waals surface area contributed by atoms with E-state index in [9.17, 15) is 9.18 Å². The quantitative estimate of drug-likeness (QED) is 0.899. The first-order chi connectivity index (χ1) is 8.16. The van der Waals surface area contributed by atoms with Crippen molar-refractivity contribution >= 4 is 21.8 Å². The second kappa shape index (κ2) is 5.60. The van der Waals surface area contributed by atoms with Gasteiger partial charge < -0.3 is 10.2 Å². The molecule has 1 fully saturated rings. The molecule has 2 rings (SSSR count). The van der Waals surface area contributed by atoms with E-state index in [1.54, 1.807) is 6.07 Å². The van der Waals surface area contributed by atoms with Crippen LogP contribution in [0.2, 0.25) is 0 Å². The van der Waals surface area contributed by atoms with Crippen LogP contribution in [0.25, 0.3) is 0 Å². The number of benzene rings is 1. The van der Waals surface area contributed by atoms with E-state index >= 15 is 0 Å². The zero-order valence-corrected chi connectivity index (χ0v) is 11.0. The van der Waals surface area contributed by atoms with Gasteiger partial charge in [-0.1, -0.05) is 22.0 Å². The Bertz CT molecular complexity index is 419. The monoisotopic (exact) mass is 300 g/mol. The van der Waals surface area contributed by atoms with Gasteiger partial charge in [0, 0.05) is 30.7 Å². The van der Waals surface area contributed by atoms with E-state index in [-0.39, 0.29) is 11.7 Å². The Hall–Kier alpha value is -0.940. The van der Waals surface area contributed by atoms with E-state index in [1.807, 2.05) is 4.90 Å². The van der Waals surface area contributed by atoms with Crippen LogP contribution < -0.4 is 5.32 Å². The van der Waals surface area contributed by atoms with Crippen LogP contribution in [0.3, 0.4) is 0 Å². The number of carbonyl (C=O) groups excluding carboxylic acids is 1. The van der Waals surface area contributed by atoms with Gasteiger partial charge in [-0.15, -0.1) is 0 Å². The first-order valence-corrected chi connectivity index (χ1v) is 6.38. The molecule has 1 aromatic rings. The molecule has 0 bridgehead atoms. The van der Waals surface area contributed by atoms with Gasteiger partial charge in [0.1, 0.15) is 5.82 Å². The van der Waals surface area contributed by atoms with Gasteiger partial charge in [0.15, 0.2) is 0 Å². The summed E-state index contributed by atoms with van der Waals surface area (Å²) in [6.45, 7) is 3.18. The minimum Gasteiger partial charge on any atom is -0.340 e. The van der Waals surface area contributed by atoms with E-state index in [4.69, 9.17) is 0 Å². The number of rotatable bonds is 2. The Morgan fingerprint density at radius 3 is 2.76 bits per heavy atom. The summed E-state index contributed by atoms with van der Waals surface area (Å²) in [5.41, 5.74) is 0.829. The number of hydrogen-bond donors (Lipinski definition) is 1. The highest BCUT2D eigenvalue weighted by atomic mass is 79.9. The van der Waals surface area contributed by atoms with Crippen LogP contribution in [0.5, 0.6) is 0 Å². The standard InChI is InChI=1S/C12H14BrFN2O/c13-11-8-10(14)2-1-9(11)7-12(17)16-5-3-15-4-6-16/h1-2,8,15H,3-7H2. The molecule has 5 heteroatoms. The number of halogens is 2. The Morgan fingerprint density at radius 1 is 1.41 bits per heavy atom. The van der Waals surface area contributed by atoms with Gasteiger partial charge in [-0.25, -0.2) is 4.39 Å². The third kappa shape index (κ3) is 3.26. The molecule has 1 saturated heterocycles. The summed E-state index contributed by atoms with van der Waals surface area (Å²) in [5, 5.41) is 3.20. The number of hydrogen-bond acceptors (Lipinski definition) is 2. The minimum atomic E-state index is -0.296. The second-order valence-corrected chi connectivity index (χ2v) is 4.90. The van der Waals surface area contributed by atoms with E-state index in [0.29, 0.717) is 10.9 Å². The molecule has 1 aliphatic heterocycles. The topological polar surface area (TPSA) is 32.3 Å². The van der Waals surface area contributed by atoms with Crippen molar-refractivity contribution in [3.8, 4) is 0 Å². The molecule has 0 radical (unpaired) electrons. The van der Waals surface area contributed by atoms with Crippen LogP contribution in [-0.4, -0.2) is 37.0 Å². The summed E-state index contributed by atoms with van der Waals surface area (Å²) in [7, 11) is 0. The molecule has 0 unspecified atom stereocenters. The molecule has 1 aromatic carbocycles. The number of amides is 1. The lowest BCUT2D eigenvalue weighted by Crippen LogP contribution is -2.46. The highest BCUT2D eigenvalue weighted by Gasteiger charge is 2.17. The second-order valence-electron chi connectivity index (χ2n) is 4.04. The SMILES string of the molecule is O=C(Cc1ccc(F)cc1Br)N1CCNCC1. The molecule has 0 aliphatic carbocycles. The molecule has 1 aliphatic rings. The van der Waals surface area contributed by atoms with Crippen LogP contribution in [0, 0.1) is 5.82 Å². The Labute approximate surface area is 108 Å². The lowest BCUT2D eigenvalue weighted by atomic mass is 10.1. The molecular formula is C12H14BrFN2O. The summed E-state index contributed by atoms with van der Waals surface area (Å²) >= 11 is 3.28. The van der Waals surface area contributed by atoms with Crippen LogP contribution in [0.1, 0.15) is 5.56 Å². The maximum atomic E-state index is 12.9. The van der Waals surface area contributed by atoms with Crippen molar-refractivity contribution in [1.82, 2.24) is 10.2 Å². The van der Waals surface area contributed by atoms with Crippen LogP contribution >= 0.6 is 15.9 Å². The molecule has 0 saturated carbocycles. The van der Waals surface area contributed by atoms with E-state index in [0.717, 1.165) is 31.7 Å². The molecule has 1 N–H and O–H groups in total. The highest BCUT2D eigenvalue weighted by Crippen LogP contribution is 2.19. The fourth-order valence-electron chi connectivity index (χ4n) is 1.85. The summed E-state index contributed by atoms with van der Waals surface area (Å²) in [6, 6.07) is 4.42. The lowest BCUT2D eigenvalue weighted by molar-refractivity contribution is -0.131. The average Bonchev–Trinajstić information content (AvgIpc) is 2.34. The van der Waals surface area contributed by atoms with Gasteiger partial charge in [0.05, 0.1) is 6.42 Å². The smallest absolute Gasteiger partial charge is 0.227 e. The molecule has 92 valence electrons. The van der Waals surface area contributed by atoms with Gasteiger partial charge in [0.25, 0.3) is 0 Å². The van der Waals surface area contributed by atoms with Crippen LogP contribution in [0.4, 0.5) is 4.39 Å². The van der Waals surface area contributed by atoms with Crippen molar-refractivity contribution in [3.63, 3.8) is 0 Å². The third-order valence-corrected chi connectivity index (χ3v) is 3.56. The van der Waals surface area contributed by atoms with Crippen molar-refractivity contribution in [2.45, 2.75) is 6.42 Å². The molecule has 3 nitrogen and oxygen atoms in total. The number of nitrogens with zero attached hydrogens (tertiary/aromatic N) is 1. The summed E-state index contributed by atoms with van der Waals surface area (Å²) in [4.78, 5) is 13.8. The average molecular weight is 301 g/mol. The first kappa shape index (κ1) is 12.5. The fourth-order valence-corrected chi connectivity index (χ4v) is 2.35. The minimum absolute atomic E-state index is 0.0961. The van der Waals surface area contributed by atoms with Gasteiger partial charge in [-0.3, -0.25) is 4.79 Å². The molecule has 17 heavy (non-hydrogen) atoms. The third-order valence-electron chi connectivity index (χ3n) is 2.83. The number of nitrogens with one attached hydrogen (secondary N) is 1. The van der Waals surface area contributed by atoms with E-state index in [1.165, 1.54) is 12.1 Å². The van der Waals surface area contributed by atoms with Crippen molar-refractivity contribution in [2.75, 3.05) is 26.2 Å². The lowest BCUT2D eigenvalue weighted by Gasteiger charge is -2.27. The largest absolute Gasteiger partial charge is 0.340 e. The summed E-state index contributed by atoms with van der Waals surface area (Å²) in [5.74, 6) is -0.200. The zero-order valence-electron chi connectivity index (χ0n) is 9.38. The van der Waals surface area contributed by atoms with Crippen LogP contribution in [0.15, 0.2) is 22.7 Å². The predicted octanol–water partition coefficient (Wildman–Crippen LogP) is 1.56. The normalized spacial score (nSPS) is 16.0. The highest BCUT2D eigenvalue weighted by molar-refractivity contribution is 9.10. The van der Waals surface area contributed by atoms with E-state index in [2.05, 4.69) is 21.2 Å². The summed E-state index contributed by atoms with van der Waals surface area (Å²) < 4.78 is 13.6. The van der Waals surface area contributed by atoms with Gasteiger partial charge in [-0.05, 0) is 17.7 Å². The molecule has 1 amide bonds. The summed E-state index contributed by atoms with van der Waals surface area (Å²) in [6.07, 6.45) is 0.320. The fraction of sp³-hybridized carbons (Fsp3) is 0.417. The molecule has 0 spiro atoms. The molecular weight excluding hydrogens is 287 g/mol. The Morgan fingerprint density at radius 2 is 2.12 bits per heavy atom. The van der Waals surface area contributed by atoms with Crippen LogP contribution in [-0.2, 0) is 11.2 Å². The predicted molar refractivity (Wildman–Crippen MR) is 67.3 cm³/mol. The maximum Gasteiger partial charge on any atom is 0.227 e. The van der Waals surface area contributed by atoms with E-state index < -0.39 is 0 Å². The number of piperazine rings is 1. The zero-order chi connectivity index (χ0) is 12.3. The molecule has 0 aromatic heterocycles. The number of carbonyl (C=O) groups is 1. The van der Waals surface area contributed by atoms with Crippen molar-refractivity contribution in [1.29, 1.82) is 0 Å². The Kier molecular flexibility index (Phi) is 4.12. The molecule has 1 heterocycles. The van der Waals surface area contributed by atoms with Gasteiger partial charge in [-0.2, -0.15) is 0 Å². The van der Waals surface area contributed by atoms with Crippen molar-refractivity contribution < 1.29 is 9.18 Å². The first-order valence-electron chi connectivity index (χ1n) is 5.59. The van der Waals surface area contributed by atoms with Crippen molar-refractivity contribution in [3.05, 3.63) is 34.1 Å². The molecule has 0 atom stereocenters. The maximum absolute atomic E-state index is 12.9. The Balaban J connectivity index is 2.02.